The molecule has 1 aromatic carbocycles. The summed E-state index contributed by atoms with van der Waals surface area (Å²) in [7, 11) is 4.09. The van der Waals surface area contributed by atoms with Crippen LogP contribution in [0, 0.1) is 0 Å². The van der Waals surface area contributed by atoms with Gasteiger partial charge in [0.25, 0.3) is 5.91 Å². The second-order valence-electron chi connectivity index (χ2n) is 9.29. The highest BCUT2D eigenvalue weighted by Crippen LogP contribution is 2.34. The Morgan fingerprint density at radius 3 is 2.68 bits per heavy atom. The van der Waals surface area contributed by atoms with Gasteiger partial charge in [-0.15, -0.1) is 0 Å². The van der Waals surface area contributed by atoms with E-state index in [4.69, 9.17) is 0 Å². The van der Waals surface area contributed by atoms with Gasteiger partial charge in [0.15, 0.2) is 0 Å². The van der Waals surface area contributed by atoms with Crippen LogP contribution < -0.4 is 15.5 Å². The number of anilines is 3. The Kier molecular flexibility index (Phi) is 6.02. The summed E-state index contributed by atoms with van der Waals surface area (Å²) in [5.74, 6) is 0.823. The normalized spacial score (nSPS) is 16.9. The van der Waals surface area contributed by atoms with Crippen molar-refractivity contribution in [3.63, 3.8) is 0 Å². The number of nitrogens with one attached hydrogen (secondary N) is 2. The molecule has 1 saturated heterocycles. The van der Waals surface area contributed by atoms with Crippen LogP contribution in [0.5, 0.6) is 0 Å². The molecule has 1 unspecified atom stereocenters. The topological polar surface area (TPSA) is 73.4 Å². The quantitative estimate of drug-likeness (QED) is 0.580. The molecule has 1 atom stereocenters. The molecule has 2 aliphatic rings. The molecule has 5 rings (SSSR count). The number of carbonyl (C=O) groups is 1. The van der Waals surface area contributed by atoms with Gasteiger partial charge in [0.2, 0.25) is 0 Å². The van der Waals surface area contributed by atoms with Gasteiger partial charge in [0.1, 0.15) is 5.82 Å². The van der Waals surface area contributed by atoms with Gasteiger partial charge >= 0.3 is 0 Å². The van der Waals surface area contributed by atoms with Crippen molar-refractivity contribution in [2.45, 2.75) is 25.9 Å². The second-order valence-corrected chi connectivity index (χ2v) is 9.29. The molecule has 4 heterocycles. The van der Waals surface area contributed by atoms with Crippen LogP contribution in [0.2, 0.25) is 0 Å². The van der Waals surface area contributed by atoms with Gasteiger partial charge in [-0.25, -0.2) is 4.98 Å². The number of nitrogens with zero attached hydrogens (tertiary/aromatic N) is 4. The van der Waals surface area contributed by atoms with Crippen LogP contribution in [-0.4, -0.2) is 54.0 Å². The zero-order chi connectivity index (χ0) is 23.7. The van der Waals surface area contributed by atoms with Gasteiger partial charge in [0, 0.05) is 60.5 Å². The van der Waals surface area contributed by atoms with E-state index in [2.05, 4.69) is 48.6 Å². The Balaban J connectivity index is 1.40. The van der Waals surface area contributed by atoms with Gasteiger partial charge < -0.3 is 20.4 Å². The molecular weight excluding hydrogens is 424 g/mol. The van der Waals surface area contributed by atoms with E-state index in [0.717, 1.165) is 53.4 Å². The van der Waals surface area contributed by atoms with E-state index in [-0.39, 0.29) is 11.9 Å². The summed E-state index contributed by atoms with van der Waals surface area (Å²) in [4.78, 5) is 26.6. The van der Waals surface area contributed by atoms with E-state index in [0.29, 0.717) is 11.3 Å². The summed E-state index contributed by atoms with van der Waals surface area (Å²) in [6, 6.07) is 12.3. The minimum Gasteiger partial charge on any atom is -0.379 e. The summed E-state index contributed by atoms with van der Waals surface area (Å²) in [6.07, 6.45) is 8.68. The number of rotatable bonds is 6. The number of hydrogen-bond donors (Lipinski definition) is 2. The zero-order valence-electron chi connectivity index (χ0n) is 19.9. The SMILES string of the molecule is CC1C=C(C(=O)Nc2ccc(N3CCC3)nc2)c2cc(-c3cncc(CN(C)C)c3)ccc2N1. The molecule has 2 N–H and O–H groups in total. The summed E-state index contributed by atoms with van der Waals surface area (Å²) < 4.78 is 0. The fraction of sp³-hybridized carbons (Fsp3) is 0.296. The van der Waals surface area contributed by atoms with Crippen molar-refractivity contribution in [1.29, 1.82) is 0 Å². The van der Waals surface area contributed by atoms with Gasteiger partial charge in [0.05, 0.1) is 11.9 Å². The van der Waals surface area contributed by atoms with Crippen molar-refractivity contribution in [1.82, 2.24) is 14.9 Å². The lowest BCUT2D eigenvalue weighted by atomic mass is 9.93. The lowest BCUT2D eigenvalue weighted by Crippen LogP contribution is -2.37. The van der Waals surface area contributed by atoms with Gasteiger partial charge in [-0.05, 0) is 75.0 Å². The number of pyridine rings is 2. The number of carbonyl (C=O) groups excluding carboxylic acids is 1. The number of benzene rings is 1. The van der Waals surface area contributed by atoms with Crippen LogP contribution in [0.1, 0.15) is 24.5 Å². The summed E-state index contributed by atoms with van der Waals surface area (Å²) >= 11 is 0. The van der Waals surface area contributed by atoms with Crippen molar-refractivity contribution in [3.05, 3.63) is 72.2 Å². The molecular formula is C27H30N6O. The lowest BCUT2D eigenvalue weighted by Gasteiger charge is -2.31. The average molecular weight is 455 g/mol. The highest BCUT2D eigenvalue weighted by atomic mass is 16.1. The molecule has 0 spiro atoms. The maximum absolute atomic E-state index is 13.3. The summed E-state index contributed by atoms with van der Waals surface area (Å²) in [6.45, 7) is 4.96. The van der Waals surface area contributed by atoms with Crippen LogP contribution in [0.4, 0.5) is 17.2 Å². The third-order valence-corrected chi connectivity index (χ3v) is 6.17. The molecule has 34 heavy (non-hydrogen) atoms. The van der Waals surface area contributed by atoms with Crippen molar-refractivity contribution >= 4 is 28.7 Å². The first-order valence-corrected chi connectivity index (χ1v) is 11.7. The number of amides is 1. The van der Waals surface area contributed by atoms with E-state index >= 15 is 0 Å². The molecule has 2 aromatic heterocycles. The molecule has 0 bridgehead atoms. The standard InChI is InChI=1S/C27H30N6O/c1-18-11-24(27(34)31-22-6-8-26(29-16-22)33-9-4-10-33)23-13-20(5-7-25(23)30-18)21-12-19(14-28-15-21)17-32(2)3/h5-8,11-16,18,30H,4,9-10,17H2,1-3H3,(H,31,34). The first kappa shape index (κ1) is 22.1. The number of hydrogen-bond acceptors (Lipinski definition) is 6. The first-order valence-electron chi connectivity index (χ1n) is 11.7. The molecule has 1 fully saturated rings. The number of fused-ring (bicyclic) bond motifs is 1. The Morgan fingerprint density at radius 1 is 1.12 bits per heavy atom. The van der Waals surface area contributed by atoms with E-state index < -0.39 is 0 Å². The van der Waals surface area contributed by atoms with Crippen LogP contribution >= 0.6 is 0 Å². The number of aromatic nitrogens is 2. The van der Waals surface area contributed by atoms with E-state index in [1.165, 1.54) is 6.42 Å². The van der Waals surface area contributed by atoms with E-state index in [1.807, 2.05) is 57.7 Å². The fourth-order valence-corrected chi connectivity index (χ4v) is 4.39. The molecule has 3 aromatic rings. The summed E-state index contributed by atoms with van der Waals surface area (Å²) in [5.41, 5.74) is 6.40. The Morgan fingerprint density at radius 2 is 1.97 bits per heavy atom. The van der Waals surface area contributed by atoms with Gasteiger partial charge in [-0.2, -0.15) is 0 Å². The molecule has 0 radical (unpaired) electrons. The predicted molar refractivity (Wildman–Crippen MR) is 138 cm³/mol. The highest BCUT2D eigenvalue weighted by molar-refractivity contribution is 6.27. The largest absolute Gasteiger partial charge is 0.379 e. The molecule has 7 nitrogen and oxygen atoms in total. The van der Waals surface area contributed by atoms with Crippen LogP contribution in [0.15, 0.2) is 61.1 Å². The zero-order valence-corrected chi connectivity index (χ0v) is 19.9. The average Bonchev–Trinajstić information content (AvgIpc) is 2.78. The molecule has 7 heteroatoms. The Bertz CT molecular complexity index is 1230. The molecule has 0 saturated carbocycles. The second kappa shape index (κ2) is 9.27. The van der Waals surface area contributed by atoms with E-state index in [9.17, 15) is 4.79 Å². The van der Waals surface area contributed by atoms with Crippen molar-refractivity contribution in [3.8, 4) is 11.1 Å². The fourth-order valence-electron chi connectivity index (χ4n) is 4.39. The van der Waals surface area contributed by atoms with Crippen LogP contribution in [0.3, 0.4) is 0 Å². The third-order valence-electron chi connectivity index (χ3n) is 6.17. The van der Waals surface area contributed by atoms with Crippen LogP contribution in [-0.2, 0) is 11.3 Å². The van der Waals surface area contributed by atoms with Crippen molar-refractivity contribution < 1.29 is 4.79 Å². The smallest absolute Gasteiger partial charge is 0.256 e. The molecule has 174 valence electrons. The van der Waals surface area contributed by atoms with Gasteiger partial charge in [-0.3, -0.25) is 9.78 Å². The predicted octanol–water partition coefficient (Wildman–Crippen LogP) is 4.25. The highest BCUT2D eigenvalue weighted by Gasteiger charge is 2.23. The molecule has 0 aliphatic carbocycles. The van der Waals surface area contributed by atoms with E-state index in [1.54, 1.807) is 6.20 Å². The maximum atomic E-state index is 13.3. The maximum Gasteiger partial charge on any atom is 0.256 e. The van der Waals surface area contributed by atoms with Crippen molar-refractivity contribution in [2.75, 3.05) is 42.7 Å². The summed E-state index contributed by atoms with van der Waals surface area (Å²) in [5, 5.41) is 6.49. The minimum absolute atomic E-state index is 0.0519. The molecule has 1 amide bonds. The van der Waals surface area contributed by atoms with Gasteiger partial charge in [-0.1, -0.05) is 6.07 Å². The van der Waals surface area contributed by atoms with Crippen LogP contribution in [0.25, 0.3) is 16.7 Å². The first-order chi connectivity index (χ1) is 16.5. The Hall–Kier alpha value is -3.71. The third kappa shape index (κ3) is 4.65. The lowest BCUT2D eigenvalue weighted by molar-refractivity contribution is -0.111. The molecule has 2 aliphatic heterocycles. The monoisotopic (exact) mass is 454 g/mol. The Labute approximate surface area is 200 Å². The van der Waals surface area contributed by atoms with Crippen molar-refractivity contribution in [2.24, 2.45) is 0 Å². The minimum atomic E-state index is -0.135.